The zero-order valence-electron chi connectivity index (χ0n) is 10.9. The van der Waals surface area contributed by atoms with E-state index < -0.39 is 0 Å². The van der Waals surface area contributed by atoms with Crippen LogP contribution in [0.15, 0.2) is 24.4 Å². The van der Waals surface area contributed by atoms with E-state index in [9.17, 15) is 0 Å². The lowest BCUT2D eigenvalue weighted by Crippen LogP contribution is -2.46. The maximum absolute atomic E-state index is 4.46. The number of rotatable bonds is 4. The largest absolute Gasteiger partial charge is 0.353 e. The Morgan fingerprint density at radius 3 is 2.88 bits per heavy atom. The molecule has 1 aliphatic heterocycles. The number of anilines is 1. The third-order valence-corrected chi connectivity index (χ3v) is 3.40. The fourth-order valence-corrected chi connectivity index (χ4v) is 2.41. The van der Waals surface area contributed by atoms with E-state index >= 15 is 0 Å². The Morgan fingerprint density at radius 1 is 1.41 bits per heavy atom. The molecule has 3 heteroatoms. The summed E-state index contributed by atoms with van der Waals surface area (Å²) in [7, 11) is 0. The highest BCUT2D eigenvalue weighted by atomic mass is 15.2. The Balaban J connectivity index is 2.02. The standard InChI is InChI=1S/C14H23N3/c1-12(2)17(14-8-4-6-10-16-14)11-13-7-3-5-9-15-13/h4,6,8,10,12-13,15H,3,5,7,9,11H2,1-2H3. The molecule has 1 atom stereocenters. The van der Waals surface area contributed by atoms with Gasteiger partial charge in [0, 0.05) is 24.8 Å². The molecule has 1 aromatic heterocycles. The molecular formula is C14H23N3. The van der Waals surface area contributed by atoms with Gasteiger partial charge in [0.15, 0.2) is 0 Å². The minimum Gasteiger partial charge on any atom is -0.353 e. The molecule has 3 nitrogen and oxygen atoms in total. The summed E-state index contributed by atoms with van der Waals surface area (Å²) in [5, 5.41) is 3.60. The van der Waals surface area contributed by atoms with E-state index in [0.29, 0.717) is 12.1 Å². The third kappa shape index (κ3) is 3.43. The Hall–Kier alpha value is -1.09. The van der Waals surface area contributed by atoms with Crippen molar-refractivity contribution in [2.45, 2.75) is 45.2 Å². The first-order valence-electron chi connectivity index (χ1n) is 6.68. The fraction of sp³-hybridized carbons (Fsp3) is 0.643. The predicted octanol–water partition coefficient (Wildman–Crippen LogP) is 2.44. The molecule has 0 aliphatic carbocycles. The van der Waals surface area contributed by atoms with Crippen LogP contribution in [0, 0.1) is 0 Å². The number of piperidine rings is 1. The van der Waals surface area contributed by atoms with Gasteiger partial charge >= 0.3 is 0 Å². The molecule has 1 unspecified atom stereocenters. The van der Waals surface area contributed by atoms with E-state index in [0.717, 1.165) is 12.4 Å². The van der Waals surface area contributed by atoms with Gasteiger partial charge in [-0.15, -0.1) is 0 Å². The highest BCUT2D eigenvalue weighted by molar-refractivity contribution is 5.39. The molecule has 0 aromatic carbocycles. The smallest absolute Gasteiger partial charge is 0.128 e. The van der Waals surface area contributed by atoms with Crippen LogP contribution in [-0.2, 0) is 0 Å². The van der Waals surface area contributed by atoms with Gasteiger partial charge in [-0.25, -0.2) is 4.98 Å². The Labute approximate surface area is 104 Å². The molecule has 0 amide bonds. The SMILES string of the molecule is CC(C)N(CC1CCCCN1)c1ccccn1. The van der Waals surface area contributed by atoms with E-state index in [1.165, 1.54) is 25.8 Å². The zero-order chi connectivity index (χ0) is 12.1. The quantitative estimate of drug-likeness (QED) is 0.865. The number of nitrogens with one attached hydrogen (secondary N) is 1. The molecule has 0 spiro atoms. The summed E-state index contributed by atoms with van der Waals surface area (Å²) >= 11 is 0. The molecule has 1 saturated heterocycles. The molecule has 1 N–H and O–H groups in total. The van der Waals surface area contributed by atoms with E-state index in [-0.39, 0.29) is 0 Å². The van der Waals surface area contributed by atoms with Gasteiger partial charge in [-0.3, -0.25) is 0 Å². The molecular weight excluding hydrogens is 210 g/mol. The Morgan fingerprint density at radius 2 is 2.29 bits per heavy atom. The normalized spacial score (nSPS) is 20.5. The summed E-state index contributed by atoms with van der Waals surface area (Å²) < 4.78 is 0. The molecule has 94 valence electrons. The summed E-state index contributed by atoms with van der Waals surface area (Å²) in [5.41, 5.74) is 0. The van der Waals surface area contributed by atoms with Gasteiger partial charge in [-0.2, -0.15) is 0 Å². The summed E-state index contributed by atoms with van der Waals surface area (Å²) in [6, 6.07) is 7.25. The van der Waals surface area contributed by atoms with Crippen molar-refractivity contribution in [3.8, 4) is 0 Å². The topological polar surface area (TPSA) is 28.2 Å². The fourth-order valence-electron chi connectivity index (χ4n) is 2.41. The molecule has 0 bridgehead atoms. The van der Waals surface area contributed by atoms with Crippen molar-refractivity contribution in [3.63, 3.8) is 0 Å². The number of pyridine rings is 1. The van der Waals surface area contributed by atoms with Crippen molar-refractivity contribution >= 4 is 5.82 Å². The summed E-state index contributed by atoms with van der Waals surface area (Å²) in [5.74, 6) is 1.09. The molecule has 0 radical (unpaired) electrons. The van der Waals surface area contributed by atoms with Gasteiger partial charge in [-0.05, 0) is 45.4 Å². The van der Waals surface area contributed by atoms with E-state index in [1.54, 1.807) is 0 Å². The molecule has 1 aliphatic rings. The second-order valence-electron chi connectivity index (χ2n) is 5.08. The Kier molecular flexibility index (Phi) is 4.37. The highest BCUT2D eigenvalue weighted by Crippen LogP contribution is 2.16. The van der Waals surface area contributed by atoms with Gasteiger partial charge in [0.2, 0.25) is 0 Å². The van der Waals surface area contributed by atoms with Crippen molar-refractivity contribution in [2.75, 3.05) is 18.0 Å². The monoisotopic (exact) mass is 233 g/mol. The van der Waals surface area contributed by atoms with Crippen molar-refractivity contribution < 1.29 is 0 Å². The van der Waals surface area contributed by atoms with Gasteiger partial charge in [-0.1, -0.05) is 12.5 Å². The van der Waals surface area contributed by atoms with Crippen LogP contribution in [0.5, 0.6) is 0 Å². The van der Waals surface area contributed by atoms with Crippen LogP contribution < -0.4 is 10.2 Å². The Bertz CT molecular complexity index is 317. The average molecular weight is 233 g/mol. The van der Waals surface area contributed by atoms with Gasteiger partial charge < -0.3 is 10.2 Å². The molecule has 2 rings (SSSR count). The maximum atomic E-state index is 4.46. The second-order valence-corrected chi connectivity index (χ2v) is 5.08. The third-order valence-electron chi connectivity index (χ3n) is 3.40. The number of aromatic nitrogens is 1. The zero-order valence-corrected chi connectivity index (χ0v) is 10.9. The minimum atomic E-state index is 0.494. The second kappa shape index (κ2) is 6.01. The lowest BCUT2D eigenvalue weighted by Gasteiger charge is -2.34. The first-order chi connectivity index (χ1) is 8.27. The van der Waals surface area contributed by atoms with Gasteiger partial charge in [0.05, 0.1) is 0 Å². The van der Waals surface area contributed by atoms with Crippen LogP contribution in [0.2, 0.25) is 0 Å². The summed E-state index contributed by atoms with van der Waals surface area (Å²) in [6.45, 7) is 6.70. The van der Waals surface area contributed by atoms with Gasteiger partial charge in [0.1, 0.15) is 5.82 Å². The number of nitrogens with zero attached hydrogens (tertiary/aromatic N) is 2. The lowest BCUT2D eigenvalue weighted by molar-refractivity contribution is 0.392. The first kappa shape index (κ1) is 12.4. The molecule has 2 heterocycles. The number of hydrogen-bond acceptors (Lipinski definition) is 3. The van der Waals surface area contributed by atoms with E-state index in [2.05, 4.69) is 41.2 Å². The summed E-state index contributed by atoms with van der Waals surface area (Å²) in [6.07, 6.45) is 5.84. The molecule has 1 aromatic rings. The van der Waals surface area contributed by atoms with Crippen LogP contribution in [0.1, 0.15) is 33.1 Å². The minimum absolute atomic E-state index is 0.494. The molecule has 0 saturated carbocycles. The summed E-state index contributed by atoms with van der Waals surface area (Å²) in [4.78, 5) is 6.86. The van der Waals surface area contributed by atoms with Crippen molar-refractivity contribution in [2.24, 2.45) is 0 Å². The van der Waals surface area contributed by atoms with E-state index in [4.69, 9.17) is 0 Å². The molecule has 17 heavy (non-hydrogen) atoms. The highest BCUT2D eigenvalue weighted by Gasteiger charge is 2.19. The van der Waals surface area contributed by atoms with Gasteiger partial charge in [0.25, 0.3) is 0 Å². The maximum Gasteiger partial charge on any atom is 0.128 e. The molecule has 1 fully saturated rings. The van der Waals surface area contributed by atoms with Crippen LogP contribution in [0.25, 0.3) is 0 Å². The number of hydrogen-bond donors (Lipinski definition) is 1. The van der Waals surface area contributed by atoms with E-state index in [1.807, 2.05) is 12.3 Å². The predicted molar refractivity (Wildman–Crippen MR) is 72.4 cm³/mol. The first-order valence-corrected chi connectivity index (χ1v) is 6.68. The average Bonchev–Trinajstić information content (AvgIpc) is 2.38. The lowest BCUT2D eigenvalue weighted by atomic mass is 10.0. The van der Waals surface area contributed by atoms with Crippen LogP contribution in [0.4, 0.5) is 5.82 Å². The van der Waals surface area contributed by atoms with Crippen molar-refractivity contribution in [1.29, 1.82) is 0 Å². The van der Waals surface area contributed by atoms with Crippen LogP contribution >= 0.6 is 0 Å². The van der Waals surface area contributed by atoms with Crippen molar-refractivity contribution in [1.82, 2.24) is 10.3 Å². The van der Waals surface area contributed by atoms with Crippen LogP contribution in [0.3, 0.4) is 0 Å². The van der Waals surface area contributed by atoms with Crippen LogP contribution in [-0.4, -0.2) is 30.2 Å². The van der Waals surface area contributed by atoms with Crippen molar-refractivity contribution in [3.05, 3.63) is 24.4 Å².